The highest BCUT2D eigenvalue weighted by Gasteiger charge is 2.09. The second-order valence-corrected chi connectivity index (χ2v) is 5.66. The number of rotatable bonds is 5. The molecule has 2 heterocycles. The Kier molecular flexibility index (Phi) is 4.26. The summed E-state index contributed by atoms with van der Waals surface area (Å²) in [5.74, 6) is 0.288. The van der Waals surface area contributed by atoms with Gasteiger partial charge in [-0.2, -0.15) is 4.98 Å². The Hall–Kier alpha value is -3.74. The van der Waals surface area contributed by atoms with Crippen LogP contribution >= 0.6 is 0 Å². The molecular formula is C19H15N5O2. The number of aromatic nitrogens is 4. The molecule has 2 aromatic heterocycles. The third-order valence-corrected chi connectivity index (χ3v) is 3.91. The Balaban J connectivity index is 1.46. The van der Waals surface area contributed by atoms with E-state index >= 15 is 0 Å². The highest BCUT2D eigenvalue weighted by molar-refractivity contribution is 5.95. The van der Waals surface area contributed by atoms with Crippen molar-refractivity contribution in [2.45, 2.75) is 6.54 Å². The predicted octanol–water partition coefficient (Wildman–Crippen LogP) is 2.85. The molecule has 0 fully saturated rings. The number of nitrogens with one attached hydrogen (secondary N) is 1. The van der Waals surface area contributed by atoms with Crippen molar-refractivity contribution in [1.29, 1.82) is 0 Å². The lowest BCUT2D eigenvalue weighted by molar-refractivity contribution is 0.0951. The van der Waals surface area contributed by atoms with Gasteiger partial charge in [0, 0.05) is 35.8 Å². The van der Waals surface area contributed by atoms with Crippen LogP contribution in [-0.2, 0) is 6.54 Å². The lowest BCUT2D eigenvalue weighted by Gasteiger charge is -2.08. The minimum atomic E-state index is -0.164. The van der Waals surface area contributed by atoms with Crippen LogP contribution in [0.25, 0.3) is 17.1 Å². The average Bonchev–Trinajstić information content (AvgIpc) is 3.40. The summed E-state index contributed by atoms with van der Waals surface area (Å²) < 4.78 is 6.66. The Bertz CT molecular complexity index is 1010. The molecule has 7 nitrogen and oxygen atoms in total. The van der Waals surface area contributed by atoms with E-state index in [-0.39, 0.29) is 5.91 Å². The van der Waals surface area contributed by atoms with Crippen LogP contribution < -0.4 is 5.32 Å². The van der Waals surface area contributed by atoms with Crippen LogP contribution in [0.1, 0.15) is 15.9 Å². The lowest BCUT2D eigenvalue weighted by Crippen LogP contribution is -2.22. The van der Waals surface area contributed by atoms with Crippen molar-refractivity contribution in [2.75, 3.05) is 0 Å². The summed E-state index contributed by atoms with van der Waals surface area (Å²) in [4.78, 5) is 20.5. The van der Waals surface area contributed by atoms with E-state index in [0.29, 0.717) is 17.9 Å². The van der Waals surface area contributed by atoms with E-state index in [9.17, 15) is 4.79 Å². The minimum Gasteiger partial charge on any atom is -0.348 e. The van der Waals surface area contributed by atoms with E-state index in [1.807, 2.05) is 41.1 Å². The summed E-state index contributed by atoms with van der Waals surface area (Å²) in [6.45, 7) is 0.424. The van der Waals surface area contributed by atoms with E-state index < -0.39 is 0 Å². The zero-order chi connectivity index (χ0) is 17.8. The summed E-state index contributed by atoms with van der Waals surface area (Å²) in [5.41, 5.74) is 3.26. The summed E-state index contributed by atoms with van der Waals surface area (Å²) in [5, 5.41) is 6.72. The van der Waals surface area contributed by atoms with Gasteiger partial charge >= 0.3 is 0 Å². The number of imidazole rings is 1. The number of carbonyl (C=O) groups excluding carboxylic acids is 1. The van der Waals surface area contributed by atoms with Crippen LogP contribution in [0.5, 0.6) is 0 Å². The van der Waals surface area contributed by atoms with E-state index in [1.54, 1.807) is 30.7 Å². The maximum atomic E-state index is 12.5. The van der Waals surface area contributed by atoms with E-state index in [4.69, 9.17) is 4.52 Å². The Morgan fingerprint density at radius 3 is 2.88 bits per heavy atom. The van der Waals surface area contributed by atoms with Crippen molar-refractivity contribution in [2.24, 2.45) is 0 Å². The monoisotopic (exact) mass is 345 g/mol. The largest absolute Gasteiger partial charge is 0.348 e. The lowest BCUT2D eigenvalue weighted by atomic mass is 10.1. The van der Waals surface area contributed by atoms with Gasteiger partial charge in [0.2, 0.25) is 12.2 Å². The third kappa shape index (κ3) is 3.36. The number of carbonyl (C=O) groups is 1. The molecule has 4 aromatic rings. The molecule has 0 saturated carbocycles. The second-order valence-electron chi connectivity index (χ2n) is 5.66. The van der Waals surface area contributed by atoms with Crippen LogP contribution in [0, 0.1) is 0 Å². The second kappa shape index (κ2) is 7.02. The number of nitrogens with zero attached hydrogens (tertiary/aromatic N) is 4. The first-order valence-corrected chi connectivity index (χ1v) is 8.02. The SMILES string of the molecule is O=C(NCc1cccc(-n2ccnc2)c1)c1cccc(-c2ncon2)c1. The molecule has 0 saturated heterocycles. The summed E-state index contributed by atoms with van der Waals surface area (Å²) >= 11 is 0. The van der Waals surface area contributed by atoms with E-state index in [2.05, 4.69) is 20.4 Å². The molecule has 2 aromatic carbocycles. The Morgan fingerprint density at radius 1 is 1.15 bits per heavy atom. The average molecular weight is 345 g/mol. The molecule has 0 spiro atoms. The predicted molar refractivity (Wildman–Crippen MR) is 94.5 cm³/mol. The zero-order valence-corrected chi connectivity index (χ0v) is 13.7. The number of amides is 1. The molecule has 26 heavy (non-hydrogen) atoms. The molecule has 0 atom stereocenters. The fourth-order valence-electron chi connectivity index (χ4n) is 2.62. The molecule has 0 unspecified atom stereocenters. The first-order chi connectivity index (χ1) is 12.8. The van der Waals surface area contributed by atoms with Gasteiger partial charge in [-0.25, -0.2) is 4.98 Å². The first kappa shape index (κ1) is 15.8. The minimum absolute atomic E-state index is 0.164. The van der Waals surface area contributed by atoms with Gasteiger partial charge in [0.15, 0.2) is 0 Å². The molecule has 128 valence electrons. The van der Waals surface area contributed by atoms with E-state index in [1.165, 1.54) is 6.39 Å². The molecule has 1 N–H and O–H groups in total. The quantitative estimate of drug-likeness (QED) is 0.601. The van der Waals surface area contributed by atoms with Gasteiger partial charge in [-0.1, -0.05) is 29.4 Å². The molecule has 4 rings (SSSR count). The highest BCUT2D eigenvalue weighted by Crippen LogP contribution is 2.16. The smallest absolute Gasteiger partial charge is 0.251 e. The van der Waals surface area contributed by atoms with Crippen LogP contribution in [0.3, 0.4) is 0 Å². The van der Waals surface area contributed by atoms with Gasteiger partial charge in [-0.15, -0.1) is 0 Å². The first-order valence-electron chi connectivity index (χ1n) is 8.02. The van der Waals surface area contributed by atoms with Gasteiger partial charge in [-0.05, 0) is 29.8 Å². The van der Waals surface area contributed by atoms with E-state index in [0.717, 1.165) is 16.8 Å². The molecular weight excluding hydrogens is 330 g/mol. The maximum Gasteiger partial charge on any atom is 0.251 e. The van der Waals surface area contributed by atoms with Crippen molar-refractivity contribution in [3.63, 3.8) is 0 Å². The van der Waals surface area contributed by atoms with Gasteiger partial charge in [0.25, 0.3) is 5.91 Å². The highest BCUT2D eigenvalue weighted by atomic mass is 16.5. The van der Waals surface area contributed by atoms with Crippen LogP contribution in [0.2, 0.25) is 0 Å². The molecule has 1 amide bonds. The Morgan fingerprint density at radius 2 is 2.08 bits per heavy atom. The molecule has 0 aliphatic heterocycles. The number of benzene rings is 2. The van der Waals surface area contributed by atoms with Crippen LogP contribution in [0.15, 0.2) is 78.2 Å². The summed E-state index contributed by atoms with van der Waals surface area (Å²) in [6, 6.07) is 15.0. The van der Waals surface area contributed by atoms with Crippen molar-refractivity contribution < 1.29 is 9.32 Å². The van der Waals surface area contributed by atoms with Crippen molar-refractivity contribution in [3.05, 3.63) is 84.8 Å². The summed E-state index contributed by atoms with van der Waals surface area (Å²) in [6.07, 6.45) is 6.60. The maximum absolute atomic E-state index is 12.5. The van der Waals surface area contributed by atoms with Crippen LogP contribution in [-0.4, -0.2) is 25.6 Å². The number of hydrogen-bond acceptors (Lipinski definition) is 5. The molecule has 0 aliphatic rings. The fourth-order valence-corrected chi connectivity index (χ4v) is 2.62. The van der Waals surface area contributed by atoms with Gasteiger partial charge in [-0.3, -0.25) is 4.79 Å². The van der Waals surface area contributed by atoms with Gasteiger partial charge in [0.1, 0.15) is 0 Å². The van der Waals surface area contributed by atoms with Crippen molar-refractivity contribution in [3.8, 4) is 17.1 Å². The van der Waals surface area contributed by atoms with Crippen molar-refractivity contribution >= 4 is 5.91 Å². The third-order valence-electron chi connectivity index (χ3n) is 3.91. The Labute approximate surface area is 149 Å². The van der Waals surface area contributed by atoms with Crippen LogP contribution in [0.4, 0.5) is 0 Å². The topological polar surface area (TPSA) is 85.8 Å². The molecule has 0 radical (unpaired) electrons. The summed E-state index contributed by atoms with van der Waals surface area (Å²) in [7, 11) is 0. The normalized spacial score (nSPS) is 10.6. The molecule has 0 bridgehead atoms. The zero-order valence-electron chi connectivity index (χ0n) is 13.7. The fraction of sp³-hybridized carbons (Fsp3) is 0.0526. The van der Waals surface area contributed by atoms with Gasteiger partial charge in [0.05, 0.1) is 6.33 Å². The van der Waals surface area contributed by atoms with Gasteiger partial charge < -0.3 is 14.4 Å². The molecule has 7 heteroatoms. The van der Waals surface area contributed by atoms with Crippen molar-refractivity contribution in [1.82, 2.24) is 25.0 Å². The molecule has 0 aliphatic carbocycles. The standard InChI is InChI=1S/C19H15N5O2/c25-19(16-5-2-4-15(10-16)18-22-13-26-23-18)21-11-14-3-1-6-17(9-14)24-8-7-20-12-24/h1-10,12-13H,11H2,(H,21,25). The number of hydrogen-bond donors (Lipinski definition) is 1.